The van der Waals surface area contributed by atoms with Crippen molar-refractivity contribution in [1.29, 1.82) is 0 Å². The second-order valence-electron chi connectivity index (χ2n) is 6.50. The Morgan fingerprint density at radius 3 is 2.72 bits per heavy atom. The van der Waals surface area contributed by atoms with Crippen molar-refractivity contribution < 1.29 is 23.3 Å². The largest absolute Gasteiger partial charge is 0.334 e. The molecule has 2 amide bonds. The predicted molar refractivity (Wildman–Crippen MR) is 91.1 cm³/mol. The van der Waals surface area contributed by atoms with Crippen LogP contribution in [0.3, 0.4) is 0 Å². The summed E-state index contributed by atoms with van der Waals surface area (Å²) in [5.74, 6) is -1.15. The lowest BCUT2D eigenvalue weighted by atomic mass is 10.1. The highest BCUT2D eigenvalue weighted by Crippen LogP contribution is 2.39. The lowest BCUT2D eigenvalue weighted by Gasteiger charge is -2.31. The topological polar surface area (TPSA) is 45.1 Å². The van der Waals surface area contributed by atoms with E-state index in [1.807, 2.05) is 4.90 Å². The van der Waals surface area contributed by atoms with E-state index in [0.29, 0.717) is 0 Å². The van der Waals surface area contributed by atoms with Gasteiger partial charge in [0, 0.05) is 24.6 Å². The maximum atomic E-state index is 14.1. The Bertz CT molecular complexity index is 665. The van der Waals surface area contributed by atoms with Crippen LogP contribution in [0.1, 0.15) is 17.4 Å². The Balaban J connectivity index is 1.63. The first-order chi connectivity index (χ1) is 12.0. The Labute approximate surface area is 149 Å². The average Bonchev–Trinajstić information content (AvgIpc) is 2.94. The second-order valence-corrected chi connectivity index (χ2v) is 7.57. The summed E-state index contributed by atoms with van der Waals surface area (Å²) in [6.07, 6.45) is 0.227. The molecule has 0 aliphatic carbocycles. The summed E-state index contributed by atoms with van der Waals surface area (Å²) >= 11 is 1.30. The quantitative estimate of drug-likeness (QED) is 0.829. The summed E-state index contributed by atoms with van der Waals surface area (Å²) in [6.45, 7) is 3.55. The molecular weight excluding hydrogens is 348 g/mol. The van der Waals surface area contributed by atoms with Crippen LogP contribution in [-0.4, -0.2) is 67.1 Å². The number of carbonyl (C=O) groups excluding carboxylic acids is 2. The van der Waals surface area contributed by atoms with Gasteiger partial charge in [-0.15, -0.1) is 11.8 Å². The summed E-state index contributed by atoms with van der Waals surface area (Å²) < 4.78 is 27.2. The van der Waals surface area contributed by atoms with Gasteiger partial charge in [0.2, 0.25) is 11.8 Å². The summed E-state index contributed by atoms with van der Waals surface area (Å²) in [5, 5.41) is -0.502. The molecule has 1 atom stereocenters. The summed E-state index contributed by atoms with van der Waals surface area (Å²) in [6, 6.07) is 3.39. The molecule has 2 saturated heterocycles. The third-order valence-electron chi connectivity index (χ3n) is 4.73. The lowest BCUT2D eigenvalue weighted by molar-refractivity contribution is -0.883. The van der Waals surface area contributed by atoms with Gasteiger partial charge < -0.3 is 14.7 Å². The fourth-order valence-corrected chi connectivity index (χ4v) is 4.41. The first kappa shape index (κ1) is 18.1. The summed E-state index contributed by atoms with van der Waals surface area (Å²) in [5.41, 5.74) is 0.285. The molecular formula is C17H22F2N3O2S+. The number of carbonyl (C=O) groups is 2. The number of quaternary nitrogens is 1. The lowest BCUT2D eigenvalue weighted by Crippen LogP contribution is -3.12. The standard InChI is InChI=1S/C17H21F2N3O2S/c1-20-6-8-21(9-7-20)15(23)4-5-22-16(24)11-25-17(22)13-3-2-12(18)10-14(13)19/h2-3,10,17H,4-9,11H2,1H3/p+1/t17-/m0/s1. The molecule has 0 aromatic heterocycles. The van der Waals surface area contributed by atoms with E-state index in [0.717, 1.165) is 32.2 Å². The Kier molecular flexibility index (Phi) is 5.58. The molecule has 0 unspecified atom stereocenters. The highest BCUT2D eigenvalue weighted by atomic mass is 32.2. The molecule has 2 fully saturated rings. The van der Waals surface area contributed by atoms with E-state index >= 15 is 0 Å². The van der Waals surface area contributed by atoms with Crippen molar-refractivity contribution >= 4 is 23.6 Å². The number of benzene rings is 1. The number of hydrogen-bond donors (Lipinski definition) is 1. The van der Waals surface area contributed by atoms with Crippen LogP contribution in [0.25, 0.3) is 0 Å². The number of likely N-dealkylation sites (N-methyl/N-ethyl adjacent to an activating group) is 1. The number of thioether (sulfide) groups is 1. The normalized spacial score (nSPS) is 21.9. The minimum absolute atomic E-state index is 0.0236. The van der Waals surface area contributed by atoms with Gasteiger partial charge in [-0.25, -0.2) is 8.78 Å². The average molecular weight is 370 g/mol. The fraction of sp³-hybridized carbons (Fsp3) is 0.529. The van der Waals surface area contributed by atoms with Crippen LogP contribution in [0.4, 0.5) is 8.78 Å². The first-order valence-corrected chi connectivity index (χ1v) is 9.45. The van der Waals surface area contributed by atoms with Crippen molar-refractivity contribution in [1.82, 2.24) is 9.80 Å². The molecule has 2 aliphatic rings. The summed E-state index contributed by atoms with van der Waals surface area (Å²) in [7, 11) is 2.10. The monoisotopic (exact) mass is 370 g/mol. The van der Waals surface area contributed by atoms with E-state index in [1.54, 1.807) is 0 Å². The second kappa shape index (κ2) is 7.70. The van der Waals surface area contributed by atoms with Crippen LogP contribution < -0.4 is 4.90 Å². The molecule has 136 valence electrons. The van der Waals surface area contributed by atoms with E-state index < -0.39 is 17.0 Å². The van der Waals surface area contributed by atoms with E-state index in [9.17, 15) is 18.4 Å². The predicted octanol–water partition coefficient (Wildman–Crippen LogP) is 0.286. The molecule has 0 radical (unpaired) electrons. The maximum absolute atomic E-state index is 14.1. The molecule has 3 rings (SSSR count). The molecule has 0 bridgehead atoms. The van der Waals surface area contributed by atoms with Crippen LogP contribution in [0.2, 0.25) is 0 Å². The van der Waals surface area contributed by atoms with Gasteiger partial charge in [-0.3, -0.25) is 9.59 Å². The molecule has 1 aromatic carbocycles. The number of nitrogens with zero attached hydrogens (tertiary/aromatic N) is 2. The number of piperazine rings is 1. The minimum Gasteiger partial charge on any atom is -0.334 e. The zero-order valence-electron chi connectivity index (χ0n) is 14.1. The third kappa shape index (κ3) is 4.12. The number of rotatable bonds is 4. The molecule has 25 heavy (non-hydrogen) atoms. The van der Waals surface area contributed by atoms with Crippen LogP contribution in [0, 0.1) is 11.6 Å². The van der Waals surface area contributed by atoms with Crippen LogP contribution in [0.15, 0.2) is 18.2 Å². The molecule has 5 nitrogen and oxygen atoms in total. The van der Waals surface area contributed by atoms with Gasteiger partial charge in [0.15, 0.2) is 0 Å². The van der Waals surface area contributed by atoms with Crippen molar-refractivity contribution in [2.45, 2.75) is 11.8 Å². The molecule has 1 aromatic rings. The zero-order chi connectivity index (χ0) is 18.0. The van der Waals surface area contributed by atoms with E-state index in [2.05, 4.69) is 7.05 Å². The van der Waals surface area contributed by atoms with Gasteiger partial charge >= 0.3 is 0 Å². The van der Waals surface area contributed by atoms with Crippen molar-refractivity contribution in [2.24, 2.45) is 0 Å². The van der Waals surface area contributed by atoms with E-state index in [-0.39, 0.29) is 36.1 Å². The highest BCUT2D eigenvalue weighted by molar-refractivity contribution is 8.00. The molecule has 1 N–H and O–H groups in total. The van der Waals surface area contributed by atoms with Crippen molar-refractivity contribution in [3.05, 3.63) is 35.4 Å². The number of nitrogens with one attached hydrogen (secondary N) is 1. The van der Waals surface area contributed by atoms with Crippen molar-refractivity contribution in [2.75, 3.05) is 45.5 Å². The van der Waals surface area contributed by atoms with Gasteiger partial charge in [0.25, 0.3) is 0 Å². The molecule has 0 saturated carbocycles. The number of halogens is 2. The van der Waals surface area contributed by atoms with Gasteiger partial charge in [-0.2, -0.15) is 0 Å². The van der Waals surface area contributed by atoms with Gasteiger partial charge in [-0.1, -0.05) is 6.07 Å². The molecule has 8 heteroatoms. The Morgan fingerprint density at radius 2 is 2.04 bits per heavy atom. The van der Waals surface area contributed by atoms with Gasteiger partial charge in [-0.05, 0) is 6.07 Å². The van der Waals surface area contributed by atoms with E-state index in [4.69, 9.17) is 0 Å². The number of hydrogen-bond acceptors (Lipinski definition) is 3. The number of amides is 2. The third-order valence-corrected chi connectivity index (χ3v) is 5.97. The maximum Gasteiger partial charge on any atom is 0.233 e. The van der Waals surface area contributed by atoms with Crippen molar-refractivity contribution in [3.63, 3.8) is 0 Å². The van der Waals surface area contributed by atoms with Crippen molar-refractivity contribution in [3.8, 4) is 0 Å². The Morgan fingerprint density at radius 1 is 1.32 bits per heavy atom. The first-order valence-electron chi connectivity index (χ1n) is 8.41. The van der Waals surface area contributed by atoms with Crippen LogP contribution >= 0.6 is 11.8 Å². The molecule has 2 aliphatic heterocycles. The van der Waals surface area contributed by atoms with E-state index in [1.165, 1.54) is 33.7 Å². The highest BCUT2D eigenvalue weighted by Gasteiger charge is 2.35. The smallest absolute Gasteiger partial charge is 0.233 e. The molecule has 2 heterocycles. The summed E-state index contributed by atoms with van der Waals surface area (Å²) in [4.78, 5) is 29.3. The van der Waals surface area contributed by atoms with Crippen LogP contribution in [-0.2, 0) is 9.59 Å². The van der Waals surface area contributed by atoms with Gasteiger partial charge in [0.1, 0.15) is 17.0 Å². The molecule has 0 spiro atoms. The zero-order valence-corrected chi connectivity index (χ0v) is 15.0. The van der Waals surface area contributed by atoms with Crippen LogP contribution in [0.5, 0.6) is 0 Å². The SMILES string of the molecule is C[NH+]1CCN(C(=O)CCN2C(=O)CS[C@H]2c2ccc(F)cc2F)CC1. The minimum atomic E-state index is -0.662. The Hall–Kier alpha value is -1.67. The van der Waals surface area contributed by atoms with Gasteiger partial charge in [0.05, 0.1) is 39.0 Å². The fourth-order valence-electron chi connectivity index (χ4n) is 3.17.